The van der Waals surface area contributed by atoms with Crippen LogP contribution in [0.5, 0.6) is 0 Å². The molecule has 1 fully saturated rings. The molecule has 1 aromatic rings. The summed E-state index contributed by atoms with van der Waals surface area (Å²) >= 11 is 0. The normalized spacial score (nSPS) is 18.1. The van der Waals surface area contributed by atoms with E-state index in [0.29, 0.717) is 6.04 Å². The Labute approximate surface area is 85.5 Å². The van der Waals surface area contributed by atoms with E-state index in [0.717, 1.165) is 24.5 Å². The van der Waals surface area contributed by atoms with Gasteiger partial charge in [0.2, 0.25) is 0 Å². The summed E-state index contributed by atoms with van der Waals surface area (Å²) in [6, 6.07) is 4.60. The second kappa shape index (κ2) is 4.09. The highest BCUT2D eigenvalue weighted by Gasteiger charge is 2.28. The van der Waals surface area contributed by atoms with E-state index in [1.165, 1.54) is 18.4 Å². The fourth-order valence-electron chi connectivity index (χ4n) is 1.72. The number of rotatable bonds is 4. The molecule has 1 atom stereocenters. The van der Waals surface area contributed by atoms with Crippen LogP contribution in [0.3, 0.4) is 0 Å². The van der Waals surface area contributed by atoms with Gasteiger partial charge in [0.15, 0.2) is 0 Å². The molecule has 0 amide bonds. The lowest BCUT2D eigenvalue weighted by atomic mass is 10.1. The van der Waals surface area contributed by atoms with Gasteiger partial charge in [-0.2, -0.15) is 0 Å². The fourth-order valence-corrected chi connectivity index (χ4v) is 1.72. The van der Waals surface area contributed by atoms with Crippen molar-refractivity contribution in [2.75, 3.05) is 0 Å². The van der Waals surface area contributed by atoms with Crippen LogP contribution < -0.4 is 5.73 Å². The van der Waals surface area contributed by atoms with E-state index in [-0.39, 0.29) is 0 Å². The van der Waals surface area contributed by atoms with E-state index in [1.54, 1.807) is 0 Å². The lowest BCUT2D eigenvalue weighted by molar-refractivity contribution is 0.584. The maximum atomic E-state index is 6.04. The molecule has 2 N–H and O–H groups in total. The Morgan fingerprint density at radius 1 is 1.50 bits per heavy atom. The van der Waals surface area contributed by atoms with Gasteiger partial charge in [0.05, 0.1) is 0 Å². The van der Waals surface area contributed by atoms with Crippen molar-refractivity contribution in [3.63, 3.8) is 0 Å². The van der Waals surface area contributed by atoms with Crippen LogP contribution in [0.4, 0.5) is 0 Å². The third kappa shape index (κ3) is 2.32. The molecule has 2 rings (SSSR count). The molecule has 0 aromatic carbocycles. The van der Waals surface area contributed by atoms with Gasteiger partial charge in [-0.3, -0.25) is 4.98 Å². The van der Waals surface area contributed by atoms with Crippen molar-refractivity contribution in [1.82, 2.24) is 4.98 Å². The molecule has 0 bridgehead atoms. The molecule has 76 valence electrons. The Bertz CT molecular complexity index is 288. The lowest BCUT2D eigenvalue weighted by Crippen LogP contribution is -2.25. The second-order valence-electron chi connectivity index (χ2n) is 4.22. The van der Waals surface area contributed by atoms with Gasteiger partial charge < -0.3 is 5.73 Å². The molecule has 1 aliphatic rings. The zero-order chi connectivity index (χ0) is 9.97. The van der Waals surface area contributed by atoms with Crippen LogP contribution in [0.25, 0.3) is 0 Å². The van der Waals surface area contributed by atoms with Crippen molar-refractivity contribution in [2.45, 2.75) is 38.6 Å². The SMILES string of the molecule is CCc1ccc(CC(N)C2CC2)nc1. The predicted molar refractivity (Wildman–Crippen MR) is 58.0 cm³/mol. The Hall–Kier alpha value is -0.890. The van der Waals surface area contributed by atoms with Gasteiger partial charge in [-0.25, -0.2) is 0 Å². The molecule has 0 spiro atoms. The molecular formula is C12H18N2. The minimum absolute atomic E-state index is 0.329. The van der Waals surface area contributed by atoms with E-state index in [4.69, 9.17) is 5.73 Å². The highest BCUT2D eigenvalue weighted by atomic mass is 14.7. The van der Waals surface area contributed by atoms with Gasteiger partial charge >= 0.3 is 0 Å². The molecule has 0 radical (unpaired) electrons. The van der Waals surface area contributed by atoms with Crippen LogP contribution in [-0.2, 0) is 12.8 Å². The molecule has 0 aliphatic heterocycles. The van der Waals surface area contributed by atoms with Gasteiger partial charge in [0, 0.05) is 24.4 Å². The minimum Gasteiger partial charge on any atom is -0.327 e. The molecular weight excluding hydrogens is 172 g/mol. The van der Waals surface area contributed by atoms with Gasteiger partial charge in [0.25, 0.3) is 0 Å². The quantitative estimate of drug-likeness (QED) is 0.788. The average molecular weight is 190 g/mol. The third-order valence-electron chi connectivity index (χ3n) is 2.97. The van der Waals surface area contributed by atoms with Crippen molar-refractivity contribution >= 4 is 0 Å². The zero-order valence-electron chi connectivity index (χ0n) is 8.74. The van der Waals surface area contributed by atoms with Crippen molar-refractivity contribution in [2.24, 2.45) is 11.7 Å². The van der Waals surface area contributed by atoms with Crippen LogP contribution in [0.1, 0.15) is 31.0 Å². The van der Waals surface area contributed by atoms with E-state index in [9.17, 15) is 0 Å². The third-order valence-corrected chi connectivity index (χ3v) is 2.97. The summed E-state index contributed by atoms with van der Waals surface area (Å²) in [6.07, 6.45) is 6.59. The van der Waals surface area contributed by atoms with Crippen LogP contribution >= 0.6 is 0 Å². The van der Waals surface area contributed by atoms with E-state index in [2.05, 4.69) is 24.0 Å². The summed E-state index contributed by atoms with van der Waals surface area (Å²) in [5.74, 6) is 0.766. The first kappa shape index (κ1) is 9.66. The molecule has 0 saturated heterocycles. The van der Waals surface area contributed by atoms with Crippen LogP contribution in [0.2, 0.25) is 0 Å². The second-order valence-corrected chi connectivity index (χ2v) is 4.22. The van der Waals surface area contributed by atoms with Crippen molar-refractivity contribution in [3.8, 4) is 0 Å². The van der Waals surface area contributed by atoms with Crippen molar-refractivity contribution in [1.29, 1.82) is 0 Å². The Balaban J connectivity index is 1.95. The summed E-state index contributed by atoms with van der Waals surface area (Å²) in [5.41, 5.74) is 8.48. The monoisotopic (exact) mass is 190 g/mol. The molecule has 1 heterocycles. The fraction of sp³-hybridized carbons (Fsp3) is 0.583. The molecule has 1 aromatic heterocycles. The molecule has 1 saturated carbocycles. The minimum atomic E-state index is 0.329. The number of nitrogens with zero attached hydrogens (tertiary/aromatic N) is 1. The standard InChI is InChI=1S/C12H18N2/c1-2-9-3-6-11(14-8-9)7-12(13)10-4-5-10/h3,6,8,10,12H,2,4-5,7,13H2,1H3. The van der Waals surface area contributed by atoms with Crippen molar-refractivity contribution in [3.05, 3.63) is 29.6 Å². The highest BCUT2D eigenvalue weighted by molar-refractivity contribution is 5.15. The summed E-state index contributed by atoms with van der Waals surface area (Å²) in [6.45, 7) is 2.15. The van der Waals surface area contributed by atoms with E-state index < -0.39 is 0 Å². The molecule has 1 unspecified atom stereocenters. The van der Waals surface area contributed by atoms with Crippen LogP contribution in [0, 0.1) is 5.92 Å². The molecule has 14 heavy (non-hydrogen) atoms. The average Bonchev–Trinajstić information content (AvgIpc) is 3.02. The number of pyridine rings is 1. The van der Waals surface area contributed by atoms with Gasteiger partial charge in [0.1, 0.15) is 0 Å². The molecule has 2 heteroatoms. The predicted octanol–water partition coefficient (Wildman–Crippen LogP) is 1.92. The van der Waals surface area contributed by atoms with Gasteiger partial charge in [-0.1, -0.05) is 13.0 Å². The summed E-state index contributed by atoms with van der Waals surface area (Å²) in [7, 11) is 0. The first-order valence-electron chi connectivity index (χ1n) is 5.49. The maximum Gasteiger partial charge on any atom is 0.0419 e. The largest absolute Gasteiger partial charge is 0.327 e. The Kier molecular flexibility index (Phi) is 2.82. The van der Waals surface area contributed by atoms with Gasteiger partial charge in [-0.05, 0) is 36.8 Å². The smallest absolute Gasteiger partial charge is 0.0419 e. The number of hydrogen-bond donors (Lipinski definition) is 1. The molecule has 1 aliphatic carbocycles. The van der Waals surface area contributed by atoms with E-state index in [1.807, 2.05) is 6.20 Å². The number of aryl methyl sites for hydroxylation is 1. The number of aromatic nitrogens is 1. The Morgan fingerprint density at radius 2 is 2.29 bits per heavy atom. The van der Waals surface area contributed by atoms with E-state index >= 15 is 0 Å². The summed E-state index contributed by atoms with van der Waals surface area (Å²) < 4.78 is 0. The van der Waals surface area contributed by atoms with Crippen LogP contribution in [0.15, 0.2) is 18.3 Å². The summed E-state index contributed by atoms with van der Waals surface area (Å²) in [5, 5.41) is 0. The van der Waals surface area contributed by atoms with Gasteiger partial charge in [-0.15, -0.1) is 0 Å². The topological polar surface area (TPSA) is 38.9 Å². The zero-order valence-corrected chi connectivity index (χ0v) is 8.74. The van der Waals surface area contributed by atoms with Crippen molar-refractivity contribution < 1.29 is 0 Å². The highest BCUT2D eigenvalue weighted by Crippen LogP contribution is 2.32. The number of nitrogens with two attached hydrogens (primary N) is 1. The molecule has 2 nitrogen and oxygen atoms in total. The van der Waals surface area contributed by atoms with Crippen LogP contribution in [-0.4, -0.2) is 11.0 Å². The summed E-state index contributed by atoms with van der Waals surface area (Å²) in [4.78, 5) is 4.42. The first-order valence-corrected chi connectivity index (χ1v) is 5.49. The lowest BCUT2D eigenvalue weighted by Gasteiger charge is -2.09. The maximum absolute atomic E-state index is 6.04. The number of hydrogen-bond acceptors (Lipinski definition) is 2. The first-order chi connectivity index (χ1) is 6.79. The Morgan fingerprint density at radius 3 is 2.79 bits per heavy atom.